The number of likely N-dealkylation sites (tertiary alicyclic amines) is 1. The van der Waals surface area contributed by atoms with Gasteiger partial charge in [0.15, 0.2) is 0 Å². The molecule has 4 rings (SSSR count). The summed E-state index contributed by atoms with van der Waals surface area (Å²) in [6.45, 7) is 2.13. The smallest absolute Gasteiger partial charge is 0.268 e. The first-order chi connectivity index (χ1) is 17.4. The van der Waals surface area contributed by atoms with Crippen molar-refractivity contribution < 1.29 is 19.5 Å². The summed E-state index contributed by atoms with van der Waals surface area (Å²) in [5.74, 6) is -1.92. The Labute approximate surface area is 209 Å². The van der Waals surface area contributed by atoms with Gasteiger partial charge in [0.05, 0.1) is 6.42 Å². The van der Waals surface area contributed by atoms with E-state index < -0.39 is 36.3 Å². The minimum atomic E-state index is -1.22. The summed E-state index contributed by atoms with van der Waals surface area (Å²) in [7, 11) is 0. The summed E-state index contributed by atoms with van der Waals surface area (Å²) in [6.07, 6.45) is 2.47. The van der Waals surface area contributed by atoms with E-state index in [1.807, 2.05) is 54.6 Å². The molecule has 1 aliphatic rings. The number of nitrogens with two attached hydrogens (primary N) is 1. The third-order valence-corrected chi connectivity index (χ3v) is 6.18. The maximum absolute atomic E-state index is 13.3. The molecule has 9 heteroatoms. The lowest BCUT2D eigenvalue weighted by molar-refractivity contribution is -0.126. The van der Waals surface area contributed by atoms with E-state index in [0.717, 1.165) is 42.4 Å². The number of hydrogen-bond donors (Lipinski definition) is 5. The molecule has 1 aromatic heterocycles. The second kappa shape index (κ2) is 11.7. The van der Waals surface area contributed by atoms with Crippen molar-refractivity contribution in [3.05, 3.63) is 77.6 Å². The van der Waals surface area contributed by atoms with E-state index >= 15 is 0 Å². The number of aromatic amines is 1. The second-order valence-corrected chi connectivity index (χ2v) is 8.99. The van der Waals surface area contributed by atoms with E-state index in [2.05, 4.69) is 20.5 Å². The van der Waals surface area contributed by atoms with Crippen LogP contribution < -0.4 is 16.4 Å². The Morgan fingerprint density at radius 1 is 1.06 bits per heavy atom. The lowest BCUT2D eigenvalue weighted by Gasteiger charge is -2.24. The van der Waals surface area contributed by atoms with E-state index in [9.17, 15) is 19.5 Å². The molecule has 36 heavy (non-hydrogen) atoms. The van der Waals surface area contributed by atoms with Crippen LogP contribution in [0.2, 0.25) is 0 Å². The average molecular weight is 490 g/mol. The molecule has 1 fully saturated rings. The molecule has 0 saturated carbocycles. The van der Waals surface area contributed by atoms with Crippen molar-refractivity contribution in [2.75, 3.05) is 19.6 Å². The number of nitrogens with zero attached hydrogens (tertiary/aromatic N) is 1. The number of H-pyrrole nitrogens is 1. The topological polar surface area (TPSA) is 141 Å². The average Bonchev–Trinajstić information content (AvgIpc) is 3.53. The van der Waals surface area contributed by atoms with Gasteiger partial charge in [0.2, 0.25) is 11.8 Å². The number of nitrogens with one attached hydrogen (secondary N) is 3. The van der Waals surface area contributed by atoms with Crippen molar-refractivity contribution >= 4 is 34.7 Å². The van der Waals surface area contributed by atoms with Crippen molar-refractivity contribution in [2.24, 2.45) is 5.73 Å². The number of carbonyl (C=O) groups is 3. The number of aromatic nitrogens is 1. The largest absolute Gasteiger partial charge is 0.386 e. The number of benzene rings is 2. The minimum absolute atomic E-state index is 0.257. The molecule has 2 aromatic carbocycles. The fourth-order valence-electron chi connectivity index (χ4n) is 4.32. The first-order valence-electron chi connectivity index (χ1n) is 12.0. The number of β-amino-alcohol motifs (C(OH)–C–C–N with tert-alkyl or cyclic N) is 1. The number of para-hydroxylation sites is 1. The van der Waals surface area contributed by atoms with Gasteiger partial charge in [-0.2, -0.15) is 0 Å². The quantitative estimate of drug-likeness (QED) is 0.295. The lowest BCUT2D eigenvalue weighted by Crippen LogP contribution is -2.50. The highest BCUT2D eigenvalue weighted by atomic mass is 16.3. The SMILES string of the molecule is NC(=O)C[C@H](NC(=O)c1cc2ccccc2[nH]1)C(=O)N/C(=C/c1ccccc1)C(O)CN1CCCC1. The minimum Gasteiger partial charge on any atom is -0.386 e. The Morgan fingerprint density at radius 3 is 2.44 bits per heavy atom. The molecule has 188 valence electrons. The zero-order valence-corrected chi connectivity index (χ0v) is 19.9. The summed E-state index contributed by atoms with van der Waals surface area (Å²) in [5, 5.41) is 17.2. The van der Waals surface area contributed by atoms with Crippen LogP contribution in [0.1, 0.15) is 35.3 Å². The second-order valence-electron chi connectivity index (χ2n) is 8.99. The Hall–Kier alpha value is -3.95. The van der Waals surface area contributed by atoms with E-state index in [0.29, 0.717) is 6.54 Å². The molecule has 2 heterocycles. The summed E-state index contributed by atoms with van der Waals surface area (Å²) < 4.78 is 0. The Bertz CT molecular complexity index is 1210. The van der Waals surface area contributed by atoms with Crippen LogP contribution >= 0.6 is 0 Å². The summed E-state index contributed by atoms with van der Waals surface area (Å²) in [5.41, 5.74) is 7.49. The van der Waals surface area contributed by atoms with E-state index in [1.54, 1.807) is 12.1 Å². The molecule has 0 aliphatic carbocycles. The van der Waals surface area contributed by atoms with Gasteiger partial charge in [-0.25, -0.2) is 0 Å². The van der Waals surface area contributed by atoms with Gasteiger partial charge in [0.1, 0.15) is 17.8 Å². The Balaban J connectivity index is 1.52. The Kier molecular flexibility index (Phi) is 8.14. The highest BCUT2D eigenvalue weighted by Gasteiger charge is 2.27. The molecule has 9 nitrogen and oxygen atoms in total. The fourth-order valence-corrected chi connectivity index (χ4v) is 4.32. The monoisotopic (exact) mass is 489 g/mol. The van der Waals surface area contributed by atoms with Crippen molar-refractivity contribution in [3.8, 4) is 0 Å². The van der Waals surface area contributed by atoms with Gasteiger partial charge < -0.3 is 31.4 Å². The van der Waals surface area contributed by atoms with Crippen LogP contribution in [0, 0.1) is 0 Å². The summed E-state index contributed by atoms with van der Waals surface area (Å²) >= 11 is 0. The number of aliphatic hydroxyl groups is 1. The Morgan fingerprint density at radius 2 is 1.75 bits per heavy atom. The molecule has 3 amide bonds. The molecular weight excluding hydrogens is 458 g/mol. The van der Waals surface area contributed by atoms with Gasteiger partial charge in [0.25, 0.3) is 5.91 Å². The summed E-state index contributed by atoms with van der Waals surface area (Å²) in [6, 6.07) is 17.1. The molecule has 1 unspecified atom stereocenters. The number of rotatable bonds is 10. The van der Waals surface area contributed by atoms with Crippen LogP contribution in [0.25, 0.3) is 17.0 Å². The number of amides is 3. The highest BCUT2D eigenvalue weighted by Crippen LogP contribution is 2.16. The van der Waals surface area contributed by atoms with Gasteiger partial charge in [-0.15, -0.1) is 0 Å². The van der Waals surface area contributed by atoms with Crippen LogP contribution in [0.4, 0.5) is 0 Å². The van der Waals surface area contributed by atoms with Crippen LogP contribution in [-0.2, 0) is 9.59 Å². The van der Waals surface area contributed by atoms with Crippen molar-refractivity contribution in [2.45, 2.75) is 31.4 Å². The zero-order valence-electron chi connectivity index (χ0n) is 19.9. The van der Waals surface area contributed by atoms with Crippen LogP contribution in [0.15, 0.2) is 66.4 Å². The molecular formula is C27H31N5O4. The van der Waals surface area contributed by atoms with Gasteiger partial charge in [-0.05, 0) is 49.7 Å². The number of primary amides is 1. The van der Waals surface area contributed by atoms with Crippen molar-refractivity contribution in [1.82, 2.24) is 20.5 Å². The zero-order chi connectivity index (χ0) is 25.5. The third kappa shape index (κ3) is 6.59. The number of carbonyl (C=O) groups excluding carboxylic acids is 3. The molecule has 3 aromatic rings. The first-order valence-corrected chi connectivity index (χ1v) is 12.0. The summed E-state index contributed by atoms with van der Waals surface area (Å²) in [4.78, 5) is 43.0. The molecule has 0 bridgehead atoms. The number of hydrogen-bond acceptors (Lipinski definition) is 5. The molecule has 0 spiro atoms. The van der Waals surface area contributed by atoms with E-state index in [1.165, 1.54) is 0 Å². The predicted molar refractivity (Wildman–Crippen MR) is 138 cm³/mol. The predicted octanol–water partition coefficient (Wildman–Crippen LogP) is 1.76. The third-order valence-electron chi connectivity index (χ3n) is 6.18. The first kappa shape index (κ1) is 25.2. The van der Waals surface area contributed by atoms with Gasteiger partial charge in [0, 0.05) is 23.1 Å². The van der Waals surface area contributed by atoms with E-state index in [-0.39, 0.29) is 11.4 Å². The van der Waals surface area contributed by atoms with Crippen LogP contribution in [0.5, 0.6) is 0 Å². The molecule has 6 N–H and O–H groups in total. The normalized spacial score (nSPS) is 16.0. The molecule has 1 saturated heterocycles. The standard InChI is InChI=1S/C27H31N5O4/c28-25(34)16-23(31-26(35)22-15-19-10-4-5-11-20(19)29-22)27(36)30-21(14-18-8-2-1-3-9-18)24(33)17-32-12-6-7-13-32/h1-5,8-11,14-15,23-24,29,33H,6-7,12-13,16-17H2,(H2,28,34)(H,30,36)(H,31,35)/b21-14+/t23-,24?/m0/s1. The molecule has 0 radical (unpaired) electrons. The lowest BCUT2D eigenvalue weighted by atomic mass is 10.1. The number of aliphatic hydroxyl groups excluding tert-OH is 1. The molecule has 1 aliphatic heterocycles. The van der Waals surface area contributed by atoms with Crippen LogP contribution in [-0.4, -0.2) is 64.5 Å². The highest BCUT2D eigenvalue weighted by molar-refractivity contribution is 6.01. The van der Waals surface area contributed by atoms with Gasteiger partial charge in [-0.1, -0.05) is 48.5 Å². The maximum Gasteiger partial charge on any atom is 0.268 e. The molecule has 2 atom stereocenters. The van der Waals surface area contributed by atoms with Crippen molar-refractivity contribution in [1.29, 1.82) is 0 Å². The van der Waals surface area contributed by atoms with Crippen molar-refractivity contribution in [3.63, 3.8) is 0 Å². The van der Waals surface area contributed by atoms with E-state index in [4.69, 9.17) is 5.73 Å². The number of fused-ring (bicyclic) bond motifs is 1. The van der Waals surface area contributed by atoms with Gasteiger partial charge in [-0.3, -0.25) is 14.4 Å². The van der Waals surface area contributed by atoms with Gasteiger partial charge >= 0.3 is 0 Å². The fraction of sp³-hybridized carbons (Fsp3) is 0.296. The maximum atomic E-state index is 13.3. The van der Waals surface area contributed by atoms with Crippen LogP contribution in [0.3, 0.4) is 0 Å².